The van der Waals surface area contributed by atoms with Gasteiger partial charge >= 0.3 is 0 Å². The number of carbonyl (C=O) groups excluding carboxylic acids is 1. The van der Waals surface area contributed by atoms with E-state index < -0.39 is 5.91 Å². The molecule has 0 aromatic heterocycles. The van der Waals surface area contributed by atoms with Crippen LogP contribution in [0.3, 0.4) is 0 Å². The monoisotopic (exact) mass is 221 g/mol. The number of rotatable bonds is 6. The number of ether oxygens (including phenoxy) is 1. The Kier molecular flexibility index (Phi) is 4.83. The summed E-state index contributed by atoms with van der Waals surface area (Å²) in [5.41, 5.74) is 5.67. The predicted octanol–water partition coefficient (Wildman–Crippen LogP) is 2.60. The van der Waals surface area contributed by atoms with Crippen molar-refractivity contribution in [3.63, 3.8) is 0 Å². The smallest absolute Gasteiger partial charge is 0.248 e. The average Bonchev–Trinajstić information content (AvgIpc) is 2.29. The van der Waals surface area contributed by atoms with Crippen molar-refractivity contribution in [3.8, 4) is 5.75 Å². The summed E-state index contributed by atoms with van der Waals surface area (Å²) in [6, 6.07) is 6.98. The highest BCUT2D eigenvalue weighted by Gasteiger charge is 2.03. The molecule has 0 bridgehead atoms. The Morgan fingerprint density at radius 3 is 2.88 bits per heavy atom. The summed E-state index contributed by atoms with van der Waals surface area (Å²) in [6.07, 6.45) is 2.18. The van der Waals surface area contributed by atoms with Crippen LogP contribution in [0.15, 0.2) is 24.3 Å². The van der Waals surface area contributed by atoms with Gasteiger partial charge in [0.2, 0.25) is 5.91 Å². The molecule has 0 aliphatic rings. The molecule has 1 aromatic rings. The molecule has 88 valence electrons. The highest BCUT2D eigenvalue weighted by molar-refractivity contribution is 5.93. The van der Waals surface area contributed by atoms with Gasteiger partial charge in [0.05, 0.1) is 6.61 Å². The molecule has 16 heavy (non-hydrogen) atoms. The van der Waals surface area contributed by atoms with Gasteiger partial charge in [0.15, 0.2) is 0 Å². The van der Waals surface area contributed by atoms with Crippen molar-refractivity contribution < 1.29 is 9.53 Å². The van der Waals surface area contributed by atoms with E-state index in [9.17, 15) is 4.79 Å². The van der Waals surface area contributed by atoms with E-state index in [0.717, 1.165) is 12.8 Å². The van der Waals surface area contributed by atoms with E-state index in [0.29, 0.717) is 23.8 Å². The van der Waals surface area contributed by atoms with Crippen molar-refractivity contribution in [2.24, 2.45) is 11.7 Å². The van der Waals surface area contributed by atoms with Gasteiger partial charge in [-0.25, -0.2) is 0 Å². The van der Waals surface area contributed by atoms with Crippen LogP contribution in [0.5, 0.6) is 5.75 Å². The lowest BCUT2D eigenvalue weighted by atomic mass is 10.1. The second kappa shape index (κ2) is 6.16. The average molecular weight is 221 g/mol. The largest absolute Gasteiger partial charge is 0.494 e. The maximum Gasteiger partial charge on any atom is 0.248 e. The number of hydrogen-bond acceptors (Lipinski definition) is 2. The fourth-order valence-electron chi connectivity index (χ4n) is 1.32. The Morgan fingerprint density at radius 1 is 1.50 bits per heavy atom. The van der Waals surface area contributed by atoms with Gasteiger partial charge in [0, 0.05) is 5.56 Å². The van der Waals surface area contributed by atoms with Gasteiger partial charge in [-0.2, -0.15) is 0 Å². The van der Waals surface area contributed by atoms with Crippen molar-refractivity contribution in [2.75, 3.05) is 6.61 Å². The summed E-state index contributed by atoms with van der Waals surface area (Å²) in [5, 5.41) is 0. The molecule has 0 fully saturated rings. The third-order valence-corrected chi connectivity index (χ3v) is 2.69. The second-order valence-electron chi connectivity index (χ2n) is 4.04. The van der Waals surface area contributed by atoms with Gasteiger partial charge in [-0.05, 0) is 30.5 Å². The van der Waals surface area contributed by atoms with Crippen LogP contribution in [0.2, 0.25) is 0 Å². The predicted molar refractivity (Wildman–Crippen MR) is 64.5 cm³/mol. The molecule has 0 aliphatic heterocycles. The van der Waals surface area contributed by atoms with Crippen LogP contribution in [0.1, 0.15) is 37.0 Å². The Labute approximate surface area is 96.6 Å². The van der Waals surface area contributed by atoms with Crippen molar-refractivity contribution in [2.45, 2.75) is 26.7 Å². The number of primary amides is 1. The summed E-state index contributed by atoms with van der Waals surface area (Å²) >= 11 is 0. The van der Waals surface area contributed by atoms with Gasteiger partial charge in [-0.3, -0.25) is 4.79 Å². The minimum absolute atomic E-state index is 0.424. The molecule has 1 rings (SSSR count). The molecule has 0 aliphatic carbocycles. The van der Waals surface area contributed by atoms with Crippen LogP contribution < -0.4 is 10.5 Å². The maximum absolute atomic E-state index is 10.9. The van der Waals surface area contributed by atoms with Crippen molar-refractivity contribution >= 4 is 5.91 Å². The lowest BCUT2D eigenvalue weighted by Gasteiger charge is -2.10. The SMILES string of the molecule is CCC(C)CCOc1cccc(C(N)=O)c1. The summed E-state index contributed by atoms with van der Waals surface area (Å²) in [4.78, 5) is 10.9. The minimum Gasteiger partial charge on any atom is -0.494 e. The summed E-state index contributed by atoms with van der Waals surface area (Å²) in [5.74, 6) is 0.950. The number of nitrogens with two attached hydrogens (primary N) is 1. The van der Waals surface area contributed by atoms with Gasteiger partial charge < -0.3 is 10.5 Å². The number of amides is 1. The molecule has 0 spiro atoms. The molecule has 0 heterocycles. The van der Waals surface area contributed by atoms with Gasteiger partial charge in [0.25, 0.3) is 0 Å². The Bertz CT molecular complexity index is 350. The zero-order valence-electron chi connectivity index (χ0n) is 9.90. The van der Waals surface area contributed by atoms with Crippen LogP contribution in [-0.4, -0.2) is 12.5 Å². The molecule has 3 nitrogen and oxygen atoms in total. The zero-order chi connectivity index (χ0) is 12.0. The first-order valence-electron chi connectivity index (χ1n) is 5.66. The first-order valence-corrected chi connectivity index (χ1v) is 5.66. The summed E-state index contributed by atoms with van der Waals surface area (Å²) < 4.78 is 5.56. The number of hydrogen-bond donors (Lipinski definition) is 1. The Hall–Kier alpha value is -1.51. The van der Waals surface area contributed by atoms with Crippen molar-refractivity contribution in [3.05, 3.63) is 29.8 Å². The first-order chi connectivity index (χ1) is 7.63. The van der Waals surface area contributed by atoms with Gasteiger partial charge in [-0.1, -0.05) is 26.3 Å². The van der Waals surface area contributed by atoms with E-state index in [1.807, 2.05) is 6.07 Å². The van der Waals surface area contributed by atoms with Crippen LogP contribution in [0.25, 0.3) is 0 Å². The molecule has 3 heteroatoms. The normalized spacial score (nSPS) is 12.1. The Morgan fingerprint density at radius 2 is 2.25 bits per heavy atom. The molecular weight excluding hydrogens is 202 g/mol. The molecule has 0 saturated carbocycles. The molecule has 0 saturated heterocycles. The minimum atomic E-state index is -0.424. The fourth-order valence-corrected chi connectivity index (χ4v) is 1.32. The first kappa shape index (κ1) is 12.6. The molecule has 1 aromatic carbocycles. The van der Waals surface area contributed by atoms with Gasteiger partial charge in [0.1, 0.15) is 5.75 Å². The van der Waals surface area contributed by atoms with E-state index in [1.54, 1.807) is 18.2 Å². The van der Waals surface area contributed by atoms with E-state index in [-0.39, 0.29) is 0 Å². The third kappa shape index (κ3) is 3.93. The van der Waals surface area contributed by atoms with Crippen molar-refractivity contribution in [1.29, 1.82) is 0 Å². The van der Waals surface area contributed by atoms with Crippen LogP contribution in [-0.2, 0) is 0 Å². The standard InChI is InChI=1S/C13H19NO2/c1-3-10(2)7-8-16-12-6-4-5-11(9-12)13(14)15/h4-6,9-10H,3,7-8H2,1-2H3,(H2,14,15). The molecule has 1 atom stereocenters. The lowest BCUT2D eigenvalue weighted by molar-refractivity contribution is 0.1000. The van der Waals surface area contributed by atoms with Crippen LogP contribution >= 0.6 is 0 Å². The Balaban J connectivity index is 2.48. The lowest BCUT2D eigenvalue weighted by Crippen LogP contribution is -2.11. The van der Waals surface area contributed by atoms with E-state index in [4.69, 9.17) is 10.5 Å². The maximum atomic E-state index is 10.9. The molecule has 2 N–H and O–H groups in total. The fraction of sp³-hybridized carbons (Fsp3) is 0.462. The second-order valence-corrected chi connectivity index (χ2v) is 4.04. The molecule has 0 radical (unpaired) electrons. The highest BCUT2D eigenvalue weighted by atomic mass is 16.5. The zero-order valence-corrected chi connectivity index (χ0v) is 9.90. The van der Waals surface area contributed by atoms with Crippen molar-refractivity contribution in [1.82, 2.24) is 0 Å². The third-order valence-electron chi connectivity index (χ3n) is 2.69. The van der Waals surface area contributed by atoms with Crippen LogP contribution in [0, 0.1) is 5.92 Å². The van der Waals surface area contributed by atoms with Gasteiger partial charge in [-0.15, -0.1) is 0 Å². The summed E-state index contributed by atoms with van der Waals surface area (Å²) in [7, 11) is 0. The topological polar surface area (TPSA) is 52.3 Å². The molecule has 1 unspecified atom stereocenters. The number of carbonyl (C=O) groups is 1. The molecule has 1 amide bonds. The summed E-state index contributed by atoms with van der Waals surface area (Å²) in [6.45, 7) is 5.04. The molecular formula is C13H19NO2. The van der Waals surface area contributed by atoms with E-state index in [1.165, 1.54) is 0 Å². The van der Waals surface area contributed by atoms with Crippen LogP contribution in [0.4, 0.5) is 0 Å². The van der Waals surface area contributed by atoms with E-state index in [2.05, 4.69) is 13.8 Å². The highest BCUT2D eigenvalue weighted by Crippen LogP contribution is 2.14. The van der Waals surface area contributed by atoms with E-state index >= 15 is 0 Å². The quantitative estimate of drug-likeness (QED) is 0.802. The number of benzene rings is 1.